The van der Waals surface area contributed by atoms with E-state index in [0.717, 1.165) is 22.8 Å². The van der Waals surface area contributed by atoms with E-state index in [0.29, 0.717) is 23.8 Å². The number of pyridine rings is 1. The van der Waals surface area contributed by atoms with Crippen molar-refractivity contribution in [2.75, 3.05) is 7.11 Å². The van der Waals surface area contributed by atoms with E-state index in [2.05, 4.69) is 4.98 Å². The van der Waals surface area contributed by atoms with Crippen molar-refractivity contribution in [2.45, 2.75) is 6.61 Å². The Hall–Kier alpha value is -2.88. The molecule has 0 fully saturated rings. The molecule has 0 aliphatic carbocycles. The third kappa shape index (κ3) is 2.91. The van der Waals surface area contributed by atoms with Crippen molar-refractivity contribution in [3.63, 3.8) is 0 Å². The Morgan fingerprint density at radius 2 is 1.86 bits per heavy atom. The summed E-state index contributed by atoms with van der Waals surface area (Å²) in [6, 6.07) is 16.8. The predicted octanol–water partition coefficient (Wildman–Crippen LogP) is 3.63. The van der Waals surface area contributed by atoms with Crippen LogP contribution >= 0.6 is 0 Å². The van der Waals surface area contributed by atoms with E-state index in [-0.39, 0.29) is 0 Å². The lowest BCUT2D eigenvalue weighted by Crippen LogP contribution is -1.99. The minimum Gasteiger partial charge on any atom is -0.489 e. The van der Waals surface area contributed by atoms with E-state index >= 15 is 0 Å². The standard InChI is InChI=1S/C18H15NO3/c1-21-18-10-14(16-4-2-3-5-17(16)19-18)12-22-15-8-6-13(11-20)7-9-15/h2-11H,12H2,1H3. The van der Waals surface area contributed by atoms with Crippen LogP contribution in [0.2, 0.25) is 0 Å². The zero-order chi connectivity index (χ0) is 15.4. The van der Waals surface area contributed by atoms with E-state index in [4.69, 9.17) is 9.47 Å². The lowest BCUT2D eigenvalue weighted by Gasteiger charge is -2.10. The summed E-state index contributed by atoms with van der Waals surface area (Å²) in [7, 11) is 1.60. The van der Waals surface area contributed by atoms with Crippen molar-refractivity contribution in [3.8, 4) is 11.6 Å². The number of aldehydes is 1. The third-order valence-electron chi connectivity index (χ3n) is 3.40. The maximum absolute atomic E-state index is 10.7. The summed E-state index contributed by atoms with van der Waals surface area (Å²) < 4.78 is 11.0. The second-order valence-corrected chi connectivity index (χ2v) is 4.82. The minimum atomic E-state index is 0.403. The van der Waals surface area contributed by atoms with Gasteiger partial charge in [0.1, 0.15) is 18.6 Å². The molecule has 0 N–H and O–H groups in total. The molecule has 0 atom stereocenters. The van der Waals surface area contributed by atoms with Gasteiger partial charge in [-0.25, -0.2) is 4.98 Å². The van der Waals surface area contributed by atoms with E-state index in [9.17, 15) is 4.79 Å². The summed E-state index contributed by atoms with van der Waals surface area (Å²) in [5.74, 6) is 1.28. The number of fused-ring (bicyclic) bond motifs is 1. The molecule has 0 amide bonds. The Kier molecular flexibility index (Phi) is 4.01. The molecule has 22 heavy (non-hydrogen) atoms. The number of aromatic nitrogens is 1. The molecule has 0 aliphatic rings. The van der Waals surface area contributed by atoms with Gasteiger partial charge in [0.15, 0.2) is 0 Å². The second-order valence-electron chi connectivity index (χ2n) is 4.82. The first-order valence-electron chi connectivity index (χ1n) is 6.91. The first-order valence-corrected chi connectivity index (χ1v) is 6.91. The normalized spacial score (nSPS) is 10.4. The number of rotatable bonds is 5. The van der Waals surface area contributed by atoms with Crippen LogP contribution < -0.4 is 9.47 Å². The summed E-state index contributed by atoms with van der Waals surface area (Å²) >= 11 is 0. The molecule has 4 nitrogen and oxygen atoms in total. The minimum absolute atomic E-state index is 0.403. The fourth-order valence-corrected chi connectivity index (χ4v) is 2.25. The number of carbonyl (C=O) groups is 1. The van der Waals surface area contributed by atoms with Gasteiger partial charge >= 0.3 is 0 Å². The number of para-hydroxylation sites is 1. The summed E-state index contributed by atoms with van der Waals surface area (Å²) in [6.45, 7) is 0.403. The van der Waals surface area contributed by atoms with Crippen molar-refractivity contribution >= 4 is 17.2 Å². The lowest BCUT2D eigenvalue weighted by molar-refractivity contribution is 0.112. The molecule has 2 aromatic carbocycles. The van der Waals surface area contributed by atoms with Gasteiger partial charge in [0, 0.05) is 22.6 Å². The van der Waals surface area contributed by atoms with E-state index in [1.807, 2.05) is 30.3 Å². The molecule has 0 saturated heterocycles. The molecule has 0 radical (unpaired) electrons. The predicted molar refractivity (Wildman–Crippen MR) is 84.5 cm³/mol. The molecular formula is C18H15NO3. The van der Waals surface area contributed by atoms with E-state index in [1.54, 1.807) is 31.4 Å². The summed E-state index contributed by atoms with van der Waals surface area (Å²) in [5.41, 5.74) is 2.50. The quantitative estimate of drug-likeness (QED) is 0.674. The van der Waals surface area contributed by atoms with Crippen LogP contribution in [-0.4, -0.2) is 18.4 Å². The van der Waals surface area contributed by atoms with Gasteiger partial charge in [-0.2, -0.15) is 0 Å². The lowest BCUT2D eigenvalue weighted by atomic mass is 10.1. The van der Waals surface area contributed by atoms with Gasteiger partial charge in [0.05, 0.1) is 12.6 Å². The molecule has 4 heteroatoms. The summed E-state index contributed by atoms with van der Waals surface area (Å²) in [5, 5.41) is 1.04. The highest BCUT2D eigenvalue weighted by molar-refractivity contribution is 5.82. The van der Waals surface area contributed by atoms with Crippen molar-refractivity contribution in [1.29, 1.82) is 0 Å². The number of benzene rings is 2. The molecule has 1 aromatic heterocycles. The first kappa shape index (κ1) is 14.1. The molecule has 3 rings (SSSR count). The van der Waals surface area contributed by atoms with Crippen LogP contribution in [0.3, 0.4) is 0 Å². The highest BCUT2D eigenvalue weighted by atomic mass is 16.5. The Bertz CT molecular complexity index is 797. The molecule has 1 heterocycles. The smallest absolute Gasteiger partial charge is 0.213 e. The number of methoxy groups -OCH3 is 1. The van der Waals surface area contributed by atoms with Crippen LogP contribution in [-0.2, 0) is 6.61 Å². The molecule has 110 valence electrons. The maximum atomic E-state index is 10.7. The van der Waals surface area contributed by atoms with Crippen molar-refractivity contribution < 1.29 is 14.3 Å². The molecule has 0 saturated carbocycles. The average molecular weight is 293 g/mol. The van der Waals surface area contributed by atoms with Crippen LogP contribution in [0.5, 0.6) is 11.6 Å². The molecular weight excluding hydrogens is 278 g/mol. The summed E-state index contributed by atoms with van der Waals surface area (Å²) in [4.78, 5) is 15.1. The van der Waals surface area contributed by atoms with Gasteiger partial charge in [-0.3, -0.25) is 4.79 Å². The third-order valence-corrected chi connectivity index (χ3v) is 3.40. The van der Waals surface area contributed by atoms with Gasteiger partial charge in [0.2, 0.25) is 5.88 Å². The van der Waals surface area contributed by atoms with Crippen LogP contribution in [0.15, 0.2) is 54.6 Å². The van der Waals surface area contributed by atoms with Gasteiger partial charge < -0.3 is 9.47 Å². The van der Waals surface area contributed by atoms with Crippen molar-refractivity contribution in [3.05, 3.63) is 65.7 Å². The Morgan fingerprint density at radius 1 is 1.09 bits per heavy atom. The molecule has 0 unspecified atom stereocenters. The largest absolute Gasteiger partial charge is 0.489 e. The fraction of sp³-hybridized carbons (Fsp3) is 0.111. The molecule has 0 spiro atoms. The number of hydrogen-bond acceptors (Lipinski definition) is 4. The van der Waals surface area contributed by atoms with Crippen molar-refractivity contribution in [1.82, 2.24) is 4.98 Å². The van der Waals surface area contributed by atoms with Crippen LogP contribution in [0.1, 0.15) is 15.9 Å². The Balaban J connectivity index is 1.87. The number of hydrogen-bond donors (Lipinski definition) is 0. The zero-order valence-corrected chi connectivity index (χ0v) is 12.2. The molecule has 0 bridgehead atoms. The monoisotopic (exact) mass is 293 g/mol. The van der Waals surface area contributed by atoms with Gasteiger partial charge in [0.25, 0.3) is 0 Å². The Morgan fingerprint density at radius 3 is 2.59 bits per heavy atom. The van der Waals surface area contributed by atoms with Crippen LogP contribution in [0.4, 0.5) is 0 Å². The fourth-order valence-electron chi connectivity index (χ4n) is 2.25. The van der Waals surface area contributed by atoms with Crippen LogP contribution in [0.25, 0.3) is 10.9 Å². The highest BCUT2D eigenvalue weighted by Crippen LogP contribution is 2.23. The topological polar surface area (TPSA) is 48.4 Å². The number of carbonyl (C=O) groups excluding carboxylic acids is 1. The van der Waals surface area contributed by atoms with Gasteiger partial charge in [-0.05, 0) is 30.3 Å². The number of nitrogens with zero attached hydrogens (tertiary/aromatic N) is 1. The second kappa shape index (κ2) is 6.26. The Labute approximate surface area is 128 Å². The van der Waals surface area contributed by atoms with Gasteiger partial charge in [-0.1, -0.05) is 18.2 Å². The SMILES string of the molecule is COc1cc(COc2ccc(C=O)cc2)c2ccccc2n1. The van der Waals surface area contributed by atoms with Gasteiger partial charge in [-0.15, -0.1) is 0 Å². The molecule has 3 aromatic rings. The van der Waals surface area contributed by atoms with E-state index in [1.165, 1.54) is 0 Å². The van der Waals surface area contributed by atoms with Crippen LogP contribution in [0, 0.1) is 0 Å². The maximum Gasteiger partial charge on any atom is 0.213 e. The average Bonchev–Trinajstić information content (AvgIpc) is 2.59. The highest BCUT2D eigenvalue weighted by Gasteiger charge is 2.07. The first-order chi connectivity index (χ1) is 10.8. The van der Waals surface area contributed by atoms with Crippen molar-refractivity contribution in [2.24, 2.45) is 0 Å². The number of ether oxygens (including phenoxy) is 2. The van der Waals surface area contributed by atoms with E-state index < -0.39 is 0 Å². The molecule has 0 aliphatic heterocycles. The summed E-state index contributed by atoms with van der Waals surface area (Å²) in [6.07, 6.45) is 0.811. The zero-order valence-electron chi connectivity index (χ0n) is 12.2.